The summed E-state index contributed by atoms with van der Waals surface area (Å²) >= 11 is 0. The van der Waals surface area contributed by atoms with E-state index in [-0.39, 0.29) is 36.5 Å². The Balaban J connectivity index is 1.26. The van der Waals surface area contributed by atoms with Crippen LogP contribution in [0.5, 0.6) is 11.5 Å². The molecule has 1 aliphatic carbocycles. The number of amides is 3. The Morgan fingerprint density at radius 2 is 1.71 bits per heavy atom. The molecule has 9 heteroatoms. The fourth-order valence-corrected chi connectivity index (χ4v) is 4.42. The molecule has 2 N–H and O–H groups in total. The summed E-state index contributed by atoms with van der Waals surface area (Å²) in [5.74, 6) is -0.317. The van der Waals surface area contributed by atoms with Crippen LogP contribution in [0.25, 0.3) is 0 Å². The fourth-order valence-electron chi connectivity index (χ4n) is 4.42. The highest BCUT2D eigenvalue weighted by atomic mass is 19.1. The number of piperidine rings is 1. The first-order chi connectivity index (χ1) is 16.5. The van der Waals surface area contributed by atoms with E-state index in [9.17, 15) is 18.8 Å². The van der Waals surface area contributed by atoms with Gasteiger partial charge in [-0.05, 0) is 68.0 Å². The number of benzene rings is 2. The lowest BCUT2D eigenvalue weighted by Crippen LogP contribution is -2.54. The second-order valence-electron chi connectivity index (χ2n) is 8.94. The number of ether oxygens (including phenoxy) is 2. The van der Waals surface area contributed by atoms with Crippen molar-refractivity contribution in [2.75, 3.05) is 19.9 Å². The molecule has 0 radical (unpaired) electrons. The molecule has 3 amide bonds. The third-order valence-corrected chi connectivity index (χ3v) is 6.50. The van der Waals surface area contributed by atoms with Crippen LogP contribution >= 0.6 is 0 Å². The topological polar surface area (TPSA) is 97.0 Å². The van der Waals surface area contributed by atoms with E-state index in [4.69, 9.17) is 9.47 Å². The monoisotopic (exact) mass is 467 g/mol. The third-order valence-electron chi connectivity index (χ3n) is 6.50. The minimum atomic E-state index is -0.718. The zero-order valence-corrected chi connectivity index (χ0v) is 18.6. The van der Waals surface area contributed by atoms with Crippen molar-refractivity contribution in [3.8, 4) is 11.5 Å². The van der Waals surface area contributed by atoms with Gasteiger partial charge in [0, 0.05) is 30.3 Å². The van der Waals surface area contributed by atoms with Crippen LogP contribution in [-0.4, -0.2) is 54.6 Å². The molecule has 0 spiro atoms. The maximum absolute atomic E-state index is 13.5. The van der Waals surface area contributed by atoms with Crippen LogP contribution in [0.4, 0.5) is 4.39 Å². The normalized spacial score (nSPS) is 18.3. The van der Waals surface area contributed by atoms with Gasteiger partial charge in [0.15, 0.2) is 11.5 Å². The van der Waals surface area contributed by atoms with E-state index in [1.807, 2.05) is 0 Å². The lowest BCUT2D eigenvalue weighted by Gasteiger charge is -2.36. The highest BCUT2D eigenvalue weighted by molar-refractivity contribution is 5.98. The number of likely N-dealkylation sites (tertiary alicyclic amines) is 1. The first-order valence-electron chi connectivity index (χ1n) is 11.5. The van der Waals surface area contributed by atoms with Gasteiger partial charge in [-0.25, -0.2) is 4.39 Å². The number of carbonyl (C=O) groups is 3. The Hall–Kier alpha value is -3.62. The number of carbonyl (C=O) groups excluding carboxylic acids is 3. The molecular formula is C25H26FN3O5. The van der Waals surface area contributed by atoms with Crippen molar-refractivity contribution < 1.29 is 28.2 Å². The smallest absolute Gasteiger partial charge is 0.253 e. The van der Waals surface area contributed by atoms with Gasteiger partial charge in [0.25, 0.3) is 11.8 Å². The SMILES string of the molecule is O=C(N[C@@H](C(=O)NC1CC1)C1CCN(C(=O)c2cccc(F)c2)CC1)c1ccc2c(c1)OCO2. The molecule has 0 unspecified atom stereocenters. The van der Waals surface area contributed by atoms with Crippen LogP contribution in [0, 0.1) is 11.7 Å². The number of nitrogens with one attached hydrogen (secondary N) is 2. The largest absolute Gasteiger partial charge is 0.454 e. The maximum Gasteiger partial charge on any atom is 0.253 e. The summed E-state index contributed by atoms with van der Waals surface area (Å²) in [6, 6.07) is 9.99. The molecule has 0 bridgehead atoms. The van der Waals surface area contributed by atoms with Crippen LogP contribution in [0.1, 0.15) is 46.4 Å². The molecule has 3 aliphatic rings. The summed E-state index contributed by atoms with van der Waals surface area (Å²) in [5, 5.41) is 5.91. The van der Waals surface area contributed by atoms with Crippen molar-refractivity contribution in [1.29, 1.82) is 0 Å². The zero-order chi connectivity index (χ0) is 23.7. The van der Waals surface area contributed by atoms with Crippen LogP contribution in [0.3, 0.4) is 0 Å². The Morgan fingerprint density at radius 3 is 2.44 bits per heavy atom. The molecule has 2 heterocycles. The quantitative estimate of drug-likeness (QED) is 0.681. The average Bonchev–Trinajstić information content (AvgIpc) is 3.54. The first-order valence-corrected chi connectivity index (χ1v) is 11.5. The van der Waals surface area contributed by atoms with E-state index < -0.39 is 11.9 Å². The predicted molar refractivity (Wildman–Crippen MR) is 120 cm³/mol. The number of rotatable bonds is 6. The molecule has 8 nitrogen and oxygen atoms in total. The Labute approximate surface area is 196 Å². The molecule has 0 aromatic heterocycles. The van der Waals surface area contributed by atoms with Gasteiger partial charge in [-0.3, -0.25) is 14.4 Å². The molecule has 2 aromatic rings. The van der Waals surface area contributed by atoms with Gasteiger partial charge in [0.2, 0.25) is 12.7 Å². The minimum Gasteiger partial charge on any atom is -0.454 e. The van der Waals surface area contributed by atoms with Crippen molar-refractivity contribution in [1.82, 2.24) is 15.5 Å². The highest BCUT2D eigenvalue weighted by Crippen LogP contribution is 2.32. The summed E-state index contributed by atoms with van der Waals surface area (Å²) in [6.45, 7) is 0.958. The Bertz CT molecular complexity index is 1110. The van der Waals surface area contributed by atoms with E-state index >= 15 is 0 Å². The second-order valence-corrected chi connectivity index (χ2v) is 8.94. The molecule has 2 aliphatic heterocycles. The lowest BCUT2D eigenvalue weighted by atomic mass is 9.88. The van der Waals surface area contributed by atoms with E-state index in [0.717, 1.165) is 12.8 Å². The number of fused-ring (bicyclic) bond motifs is 1. The predicted octanol–water partition coefficient (Wildman–Crippen LogP) is 2.48. The van der Waals surface area contributed by atoms with Gasteiger partial charge < -0.3 is 25.0 Å². The summed E-state index contributed by atoms with van der Waals surface area (Å²) in [7, 11) is 0. The zero-order valence-electron chi connectivity index (χ0n) is 18.6. The number of hydrogen-bond acceptors (Lipinski definition) is 5. The standard InChI is InChI=1S/C25H26FN3O5/c26-18-3-1-2-17(12-18)25(32)29-10-8-15(9-11-29)22(24(31)27-19-5-6-19)28-23(30)16-4-7-20-21(13-16)34-14-33-20/h1-4,7,12-13,15,19,22H,5-6,8-11,14H2,(H,27,31)(H,28,30)/t22-/m1/s1. The molecule has 5 rings (SSSR count). The van der Waals surface area contributed by atoms with E-state index in [1.54, 1.807) is 29.2 Å². The van der Waals surface area contributed by atoms with Gasteiger partial charge in [0.1, 0.15) is 11.9 Å². The Morgan fingerprint density at radius 1 is 0.941 bits per heavy atom. The summed E-state index contributed by atoms with van der Waals surface area (Å²) in [4.78, 5) is 40.5. The van der Waals surface area contributed by atoms with Crippen molar-refractivity contribution in [3.05, 3.63) is 59.4 Å². The minimum absolute atomic E-state index is 0.111. The highest BCUT2D eigenvalue weighted by Gasteiger charge is 2.36. The van der Waals surface area contributed by atoms with E-state index in [2.05, 4.69) is 10.6 Å². The van der Waals surface area contributed by atoms with Crippen molar-refractivity contribution >= 4 is 17.7 Å². The van der Waals surface area contributed by atoms with Gasteiger partial charge in [0.05, 0.1) is 0 Å². The van der Waals surface area contributed by atoms with Gasteiger partial charge in [-0.15, -0.1) is 0 Å². The first kappa shape index (κ1) is 22.2. The number of hydrogen-bond donors (Lipinski definition) is 2. The lowest BCUT2D eigenvalue weighted by molar-refractivity contribution is -0.124. The molecule has 2 aromatic carbocycles. The average molecular weight is 467 g/mol. The van der Waals surface area contributed by atoms with E-state index in [1.165, 1.54) is 18.2 Å². The number of nitrogens with zero attached hydrogens (tertiary/aromatic N) is 1. The van der Waals surface area contributed by atoms with Crippen molar-refractivity contribution in [2.24, 2.45) is 5.92 Å². The van der Waals surface area contributed by atoms with Crippen LogP contribution < -0.4 is 20.1 Å². The van der Waals surface area contributed by atoms with Gasteiger partial charge in [-0.2, -0.15) is 0 Å². The van der Waals surface area contributed by atoms with E-state index in [0.29, 0.717) is 48.6 Å². The fraction of sp³-hybridized carbons (Fsp3) is 0.400. The molecule has 1 saturated carbocycles. The number of halogens is 1. The van der Waals surface area contributed by atoms with Gasteiger partial charge in [-0.1, -0.05) is 6.07 Å². The summed E-state index contributed by atoms with van der Waals surface area (Å²) in [5.41, 5.74) is 0.685. The van der Waals surface area contributed by atoms with Gasteiger partial charge >= 0.3 is 0 Å². The van der Waals surface area contributed by atoms with Crippen LogP contribution in [-0.2, 0) is 4.79 Å². The summed E-state index contributed by atoms with van der Waals surface area (Å²) < 4.78 is 24.2. The Kier molecular flexibility index (Phi) is 6.08. The van der Waals surface area contributed by atoms with Crippen molar-refractivity contribution in [3.63, 3.8) is 0 Å². The molecule has 1 atom stereocenters. The molecule has 2 fully saturated rings. The summed E-state index contributed by atoms with van der Waals surface area (Å²) in [6.07, 6.45) is 2.97. The maximum atomic E-state index is 13.5. The molecule has 34 heavy (non-hydrogen) atoms. The molecular weight excluding hydrogens is 441 g/mol. The molecule has 178 valence electrons. The molecule has 1 saturated heterocycles. The third kappa shape index (κ3) is 4.83. The van der Waals surface area contributed by atoms with Crippen LogP contribution in [0.2, 0.25) is 0 Å². The second kappa shape index (κ2) is 9.32. The van der Waals surface area contributed by atoms with Crippen molar-refractivity contribution in [2.45, 2.75) is 37.8 Å². The van der Waals surface area contributed by atoms with Crippen LogP contribution in [0.15, 0.2) is 42.5 Å².